The van der Waals surface area contributed by atoms with Crippen LogP contribution in [0.15, 0.2) is 30.5 Å². The Hall–Kier alpha value is -2.34. The topological polar surface area (TPSA) is 75.4 Å². The van der Waals surface area contributed by atoms with Gasteiger partial charge in [-0.2, -0.15) is 5.10 Å². The van der Waals surface area contributed by atoms with Crippen molar-refractivity contribution in [3.05, 3.63) is 41.0 Å². The molecule has 0 bridgehead atoms. The number of carboxylic acids is 1. The van der Waals surface area contributed by atoms with Crippen LogP contribution in [-0.2, 0) is 11.8 Å². The maximum atomic E-state index is 13.1. The van der Waals surface area contributed by atoms with Crippen LogP contribution in [0.2, 0.25) is 5.02 Å². The quantitative estimate of drug-likeness (QED) is 0.868. The summed E-state index contributed by atoms with van der Waals surface area (Å²) >= 11 is 6.29. The number of benzene rings is 1. The van der Waals surface area contributed by atoms with Crippen LogP contribution in [0.5, 0.6) is 0 Å². The van der Waals surface area contributed by atoms with Crippen molar-refractivity contribution in [3.8, 4) is 11.3 Å². The highest BCUT2D eigenvalue weighted by Gasteiger charge is 2.28. The smallest absolute Gasteiger partial charge is 0.303 e. The van der Waals surface area contributed by atoms with Crippen molar-refractivity contribution < 1.29 is 14.7 Å². The number of rotatable bonds is 5. The molecule has 1 fully saturated rings. The molecule has 26 heavy (non-hydrogen) atoms. The average molecular weight is 376 g/mol. The van der Waals surface area contributed by atoms with Crippen LogP contribution < -0.4 is 0 Å². The predicted molar refractivity (Wildman–Crippen MR) is 99.2 cm³/mol. The third kappa shape index (κ3) is 4.07. The Balaban J connectivity index is 1.82. The van der Waals surface area contributed by atoms with Crippen molar-refractivity contribution in [3.63, 3.8) is 0 Å². The summed E-state index contributed by atoms with van der Waals surface area (Å²) in [7, 11) is 1.78. The SMILES string of the molecule is Cn1cc(C(=O)N2CCC[C@H](CCC(=O)O)C2)c(-c2ccccc2Cl)n1. The highest BCUT2D eigenvalue weighted by molar-refractivity contribution is 6.33. The fraction of sp³-hybridized carbons (Fsp3) is 0.421. The van der Waals surface area contributed by atoms with Crippen LogP contribution >= 0.6 is 11.6 Å². The number of hydrogen-bond donors (Lipinski definition) is 1. The second kappa shape index (κ2) is 7.91. The number of amides is 1. The third-order valence-electron chi connectivity index (χ3n) is 4.76. The Morgan fingerprint density at radius 3 is 2.85 bits per heavy atom. The third-order valence-corrected chi connectivity index (χ3v) is 5.09. The van der Waals surface area contributed by atoms with E-state index in [9.17, 15) is 9.59 Å². The number of aryl methyl sites for hydroxylation is 1. The van der Waals surface area contributed by atoms with Crippen LogP contribution in [0.4, 0.5) is 0 Å². The van der Waals surface area contributed by atoms with Crippen LogP contribution in [0, 0.1) is 5.92 Å². The molecule has 0 aliphatic carbocycles. The van der Waals surface area contributed by atoms with Crippen LogP contribution in [0.25, 0.3) is 11.3 Å². The largest absolute Gasteiger partial charge is 0.481 e. The molecule has 2 aromatic rings. The molecule has 1 amide bonds. The normalized spacial score (nSPS) is 17.3. The molecule has 0 unspecified atom stereocenters. The van der Waals surface area contributed by atoms with Crippen molar-refractivity contribution >= 4 is 23.5 Å². The molecule has 1 atom stereocenters. The van der Waals surface area contributed by atoms with E-state index < -0.39 is 5.97 Å². The molecular weight excluding hydrogens is 354 g/mol. The number of likely N-dealkylation sites (tertiary alicyclic amines) is 1. The summed E-state index contributed by atoms with van der Waals surface area (Å²) in [6, 6.07) is 7.34. The molecule has 6 nitrogen and oxygen atoms in total. The molecule has 7 heteroatoms. The minimum absolute atomic E-state index is 0.0759. The fourth-order valence-electron chi connectivity index (χ4n) is 3.48. The molecule has 1 N–H and O–H groups in total. The van der Waals surface area contributed by atoms with Gasteiger partial charge in [-0.25, -0.2) is 0 Å². The Labute approximate surface area is 157 Å². The highest BCUT2D eigenvalue weighted by Crippen LogP contribution is 2.31. The Morgan fingerprint density at radius 1 is 1.35 bits per heavy atom. The number of halogens is 1. The monoisotopic (exact) mass is 375 g/mol. The average Bonchev–Trinajstić information content (AvgIpc) is 3.01. The number of nitrogens with zero attached hydrogens (tertiary/aromatic N) is 3. The van der Waals surface area contributed by atoms with Crippen molar-refractivity contribution in [2.75, 3.05) is 13.1 Å². The molecule has 0 spiro atoms. The molecule has 1 aliphatic rings. The van der Waals surface area contributed by atoms with E-state index in [2.05, 4.69) is 5.10 Å². The van der Waals surface area contributed by atoms with Gasteiger partial charge in [0.2, 0.25) is 0 Å². The summed E-state index contributed by atoms with van der Waals surface area (Å²) < 4.78 is 1.62. The lowest BCUT2D eigenvalue weighted by Crippen LogP contribution is -2.40. The lowest BCUT2D eigenvalue weighted by atomic mass is 9.93. The van der Waals surface area contributed by atoms with E-state index in [-0.39, 0.29) is 18.2 Å². The highest BCUT2D eigenvalue weighted by atomic mass is 35.5. The summed E-state index contributed by atoms with van der Waals surface area (Å²) in [5.41, 5.74) is 1.84. The van der Waals surface area contributed by atoms with E-state index in [4.69, 9.17) is 16.7 Å². The van der Waals surface area contributed by atoms with Gasteiger partial charge >= 0.3 is 5.97 Å². The summed E-state index contributed by atoms with van der Waals surface area (Å²) in [6.45, 7) is 1.27. The number of carbonyl (C=O) groups excluding carboxylic acids is 1. The molecule has 3 rings (SSSR count). The van der Waals surface area contributed by atoms with Gasteiger partial charge < -0.3 is 10.0 Å². The maximum absolute atomic E-state index is 13.1. The predicted octanol–water partition coefficient (Wildman–Crippen LogP) is 3.46. The van der Waals surface area contributed by atoms with Gasteiger partial charge in [-0.1, -0.05) is 29.8 Å². The number of aliphatic carboxylic acids is 1. The number of piperidine rings is 1. The number of hydrogen-bond acceptors (Lipinski definition) is 3. The van der Waals surface area contributed by atoms with Crippen LogP contribution in [-0.4, -0.2) is 44.8 Å². The lowest BCUT2D eigenvalue weighted by Gasteiger charge is -2.32. The first-order valence-corrected chi connectivity index (χ1v) is 9.13. The Morgan fingerprint density at radius 2 is 2.12 bits per heavy atom. The number of aromatic nitrogens is 2. The minimum atomic E-state index is -0.790. The lowest BCUT2D eigenvalue weighted by molar-refractivity contribution is -0.137. The van der Waals surface area contributed by atoms with Crippen molar-refractivity contribution in [1.82, 2.24) is 14.7 Å². The van der Waals surface area contributed by atoms with E-state index in [0.717, 1.165) is 18.4 Å². The van der Waals surface area contributed by atoms with E-state index >= 15 is 0 Å². The van der Waals surface area contributed by atoms with Crippen molar-refractivity contribution in [1.29, 1.82) is 0 Å². The van der Waals surface area contributed by atoms with E-state index in [0.29, 0.717) is 35.8 Å². The summed E-state index contributed by atoms with van der Waals surface area (Å²) in [4.78, 5) is 25.7. The van der Waals surface area contributed by atoms with Gasteiger partial charge in [0, 0.05) is 38.3 Å². The first-order chi connectivity index (χ1) is 12.5. The molecule has 1 aliphatic heterocycles. The van der Waals surface area contributed by atoms with Gasteiger partial charge in [-0.3, -0.25) is 14.3 Å². The number of carboxylic acid groups (broad SMARTS) is 1. The van der Waals surface area contributed by atoms with Gasteiger partial charge in [0.25, 0.3) is 5.91 Å². The Kier molecular flexibility index (Phi) is 5.61. The fourth-order valence-corrected chi connectivity index (χ4v) is 3.71. The summed E-state index contributed by atoms with van der Waals surface area (Å²) in [6.07, 6.45) is 4.31. The zero-order valence-corrected chi connectivity index (χ0v) is 15.4. The summed E-state index contributed by atoms with van der Waals surface area (Å²) in [5.74, 6) is -0.640. The van der Waals surface area contributed by atoms with E-state index in [1.54, 1.807) is 24.0 Å². The minimum Gasteiger partial charge on any atom is -0.481 e. The van der Waals surface area contributed by atoms with Crippen molar-refractivity contribution in [2.45, 2.75) is 25.7 Å². The Bertz CT molecular complexity index is 818. The van der Waals surface area contributed by atoms with Gasteiger partial charge in [0.15, 0.2) is 0 Å². The second-order valence-corrected chi connectivity index (χ2v) is 7.14. The molecular formula is C19H22ClN3O3. The van der Waals surface area contributed by atoms with E-state index in [1.807, 2.05) is 23.1 Å². The van der Waals surface area contributed by atoms with E-state index in [1.165, 1.54) is 0 Å². The molecule has 0 saturated carbocycles. The molecule has 1 saturated heterocycles. The number of carbonyl (C=O) groups is 2. The zero-order chi connectivity index (χ0) is 18.7. The van der Waals surface area contributed by atoms with Crippen LogP contribution in [0.1, 0.15) is 36.0 Å². The molecule has 2 heterocycles. The first kappa shape index (κ1) is 18.5. The van der Waals surface area contributed by atoms with Gasteiger partial charge in [-0.05, 0) is 31.2 Å². The molecule has 138 valence electrons. The standard InChI is InChI=1S/C19H22ClN3O3/c1-22-12-15(18(21-22)14-6-2-3-7-16(14)20)19(26)23-10-4-5-13(11-23)8-9-17(24)25/h2-3,6-7,12-13H,4-5,8-11H2,1H3,(H,24,25)/t13-/m1/s1. The van der Waals surface area contributed by atoms with Crippen molar-refractivity contribution in [2.24, 2.45) is 13.0 Å². The van der Waals surface area contributed by atoms with Gasteiger partial charge in [0.1, 0.15) is 5.69 Å². The van der Waals surface area contributed by atoms with Gasteiger partial charge in [0.05, 0.1) is 10.6 Å². The zero-order valence-electron chi connectivity index (χ0n) is 14.7. The van der Waals surface area contributed by atoms with Gasteiger partial charge in [-0.15, -0.1) is 0 Å². The first-order valence-electron chi connectivity index (χ1n) is 8.75. The second-order valence-electron chi connectivity index (χ2n) is 6.74. The summed E-state index contributed by atoms with van der Waals surface area (Å²) in [5, 5.41) is 13.9. The van der Waals surface area contributed by atoms with Crippen LogP contribution in [0.3, 0.4) is 0 Å². The molecule has 1 aromatic carbocycles. The maximum Gasteiger partial charge on any atom is 0.303 e. The molecule has 1 aromatic heterocycles. The molecule has 0 radical (unpaired) electrons.